The lowest BCUT2D eigenvalue weighted by atomic mass is 10.1. The van der Waals surface area contributed by atoms with Crippen LogP contribution in [-0.2, 0) is 17.8 Å². The SMILES string of the molecule is COCCOc1nc(N)c2cnn(Cc3ccc(CN4CCCC4)cc3)c2n1. The van der Waals surface area contributed by atoms with Gasteiger partial charge in [0.2, 0.25) is 0 Å². The van der Waals surface area contributed by atoms with Crippen LogP contribution >= 0.6 is 0 Å². The number of aromatic nitrogens is 4. The Morgan fingerprint density at radius 1 is 1.00 bits per heavy atom. The third-order valence-electron chi connectivity index (χ3n) is 4.98. The molecular formula is C20H26N6O2. The fourth-order valence-electron chi connectivity index (χ4n) is 3.47. The molecule has 2 aromatic heterocycles. The molecule has 0 saturated carbocycles. The minimum Gasteiger partial charge on any atom is -0.461 e. The molecule has 3 aromatic rings. The smallest absolute Gasteiger partial charge is 0.320 e. The second-order valence-corrected chi connectivity index (χ2v) is 7.07. The number of fused-ring (bicyclic) bond motifs is 1. The molecule has 0 radical (unpaired) electrons. The van der Waals surface area contributed by atoms with Gasteiger partial charge in [0.05, 0.1) is 24.7 Å². The predicted molar refractivity (Wildman–Crippen MR) is 107 cm³/mol. The van der Waals surface area contributed by atoms with Gasteiger partial charge < -0.3 is 15.2 Å². The number of methoxy groups -OCH3 is 1. The number of ether oxygens (including phenoxy) is 2. The van der Waals surface area contributed by atoms with Gasteiger partial charge >= 0.3 is 6.01 Å². The zero-order valence-corrected chi connectivity index (χ0v) is 16.2. The summed E-state index contributed by atoms with van der Waals surface area (Å²) < 4.78 is 12.3. The molecule has 8 heteroatoms. The Morgan fingerprint density at radius 2 is 1.71 bits per heavy atom. The monoisotopic (exact) mass is 382 g/mol. The van der Waals surface area contributed by atoms with Crippen molar-refractivity contribution in [2.75, 3.05) is 39.1 Å². The maximum absolute atomic E-state index is 6.05. The first-order valence-corrected chi connectivity index (χ1v) is 9.64. The van der Waals surface area contributed by atoms with E-state index >= 15 is 0 Å². The zero-order chi connectivity index (χ0) is 19.3. The molecule has 8 nitrogen and oxygen atoms in total. The van der Waals surface area contributed by atoms with E-state index in [-0.39, 0.29) is 6.01 Å². The molecule has 1 aromatic carbocycles. The molecule has 1 saturated heterocycles. The third kappa shape index (κ3) is 4.23. The van der Waals surface area contributed by atoms with Crippen molar-refractivity contribution in [3.8, 4) is 6.01 Å². The summed E-state index contributed by atoms with van der Waals surface area (Å²) in [6.45, 7) is 4.88. The van der Waals surface area contributed by atoms with E-state index in [2.05, 4.69) is 44.2 Å². The maximum atomic E-state index is 6.05. The average Bonchev–Trinajstić information content (AvgIpc) is 3.34. The normalized spacial score (nSPS) is 14.8. The topological polar surface area (TPSA) is 91.3 Å². The van der Waals surface area contributed by atoms with Crippen molar-refractivity contribution in [1.29, 1.82) is 0 Å². The second-order valence-electron chi connectivity index (χ2n) is 7.07. The number of nitrogen functional groups attached to an aromatic ring is 1. The lowest BCUT2D eigenvalue weighted by Crippen LogP contribution is -2.18. The van der Waals surface area contributed by atoms with Gasteiger partial charge in [-0.25, -0.2) is 4.68 Å². The zero-order valence-electron chi connectivity index (χ0n) is 16.2. The van der Waals surface area contributed by atoms with Crippen molar-refractivity contribution < 1.29 is 9.47 Å². The third-order valence-corrected chi connectivity index (χ3v) is 4.98. The van der Waals surface area contributed by atoms with Crippen LogP contribution in [-0.4, -0.2) is 58.1 Å². The van der Waals surface area contributed by atoms with Crippen LogP contribution in [0.15, 0.2) is 30.5 Å². The molecule has 3 heterocycles. The van der Waals surface area contributed by atoms with Crippen molar-refractivity contribution in [2.24, 2.45) is 0 Å². The Balaban J connectivity index is 1.49. The van der Waals surface area contributed by atoms with E-state index in [1.807, 2.05) is 4.68 Å². The van der Waals surface area contributed by atoms with Crippen LogP contribution in [0.4, 0.5) is 5.82 Å². The average molecular weight is 382 g/mol. The molecule has 0 amide bonds. The summed E-state index contributed by atoms with van der Waals surface area (Å²) in [6.07, 6.45) is 4.32. The molecule has 1 aliphatic heterocycles. The number of anilines is 1. The highest BCUT2D eigenvalue weighted by Crippen LogP contribution is 2.21. The molecule has 0 atom stereocenters. The minimum atomic E-state index is 0.241. The van der Waals surface area contributed by atoms with Crippen LogP contribution in [0.25, 0.3) is 11.0 Å². The summed E-state index contributed by atoms with van der Waals surface area (Å²) in [5.41, 5.74) is 9.22. The highest BCUT2D eigenvalue weighted by molar-refractivity contribution is 5.85. The van der Waals surface area contributed by atoms with Crippen molar-refractivity contribution in [3.63, 3.8) is 0 Å². The van der Waals surface area contributed by atoms with E-state index in [0.717, 1.165) is 17.5 Å². The summed E-state index contributed by atoms with van der Waals surface area (Å²) >= 11 is 0. The number of nitrogens with two attached hydrogens (primary N) is 1. The summed E-state index contributed by atoms with van der Waals surface area (Å²) in [5, 5.41) is 5.17. The van der Waals surface area contributed by atoms with E-state index in [1.54, 1.807) is 13.3 Å². The predicted octanol–water partition coefficient (Wildman–Crippen LogP) is 2.08. The Labute approximate surface area is 164 Å². The molecule has 1 fully saturated rings. The van der Waals surface area contributed by atoms with Gasteiger partial charge in [0.15, 0.2) is 5.65 Å². The van der Waals surface area contributed by atoms with Gasteiger partial charge in [-0.1, -0.05) is 24.3 Å². The van der Waals surface area contributed by atoms with E-state index in [1.165, 1.54) is 31.5 Å². The fourth-order valence-corrected chi connectivity index (χ4v) is 3.47. The molecule has 0 bridgehead atoms. The van der Waals surface area contributed by atoms with E-state index in [0.29, 0.717) is 31.2 Å². The van der Waals surface area contributed by atoms with E-state index in [9.17, 15) is 0 Å². The fraction of sp³-hybridized carbons (Fsp3) is 0.450. The van der Waals surface area contributed by atoms with Gasteiger partial charge in [-0.15, -0.1) is 0 Å². The number of hydrogen-bond acceptors (Lipinski definition) is 7. The van der Waals surface area contributed by atoms with Crippen molar-refractivity contribution >= 4 is 16.9 Å². The van der Waals surface area contributed by atoms with Crippen LogP contribution in [0.2, 0.25) is 0 Å². The molecule has 0 spiro atoms. The van der Waals surface area contributed by atoms with Crippen LogP contribution < -0.4 is 10.5 Å². The number of benzene rings is 1. The Hall–Kier alpha value is -2.71. The Bertz CT molecular complexity index is 918. The molecule has 28 heavy (non-hydrogen) atoms. The Kier molecular flexibility index (Phi) is 5.68. The molecular weight excluding hydrogens is 356 g/mol. The van der Waals surface area contributed by atoms with Crippen molar-refractivity contribution in [1.82, 2.24) is 24.6 Å². The van der Waals surface area contributed by atoms with E-state index in [4.69, 9.17) is 15.2 Å². The highest BCUT2D eigenvalue weighted by Gasteiger charge is 2.13. The van der Waals surface area contributed by atoms with Crippen LogP contribution in [0.5, 0.6) is 6.01 Å². The lowest BCUT2D eigenvalue weighted by molar-refractivity contribution is 0.141. The second kappa shape index (κ2) is 8.53. The standard InChI is InChI=1S/C20H26N6O2/c1-27-10-11-28-20-23-18(21)17-12-22-26(19(17)24-20)14-16-6-4-15(5-7-16)13-25-8-2-3-9-25/h4-7,12H,2-3,8-11,13-14H2,1H3,(H2,21,23,24). The van der Waals surface area contributed by atoms with Gasteiger partial charge in [0.1, 0.15) is 12.4 Å². The van der Waals surface area contributed by atoms with Gasteiger partial charge in [0.25, 0.3) is 0 Å². The largest absolute Gasteiger partial charge is 0.461 e. The first kappa shape index (κ1) is 18.6. The number of likely N-dealkylation sites (tertiary alicyclic amines) is 1. The lowest BCUT2D eigenvalue weighted by Gasteiger charge is -2.14. The van der Waals surface area contributed by atoms with Gasteiger partial charge in [-0.05, 0) is 37.1 Å². The van der Waals surface area contributed by atoms with Gasteiger partial charge in [-0.3, -0.25) is 4.90 Å². The minimum absolute atomic E-state index is 0.241. The summed E-state index contributed by atoms with van der Waals surface area (Å²) in [5.74, 6) is 0.365. The summed E-state index contributed by atoms with van der Waals surface area (Å²) in [7, 11) is 1.62. The maximum Gasteiger partial charge on any atom is 0.320 e. The summed E-state index contributed by atoms with van der Waals surface area (Å²) in [4.78, 5) is 11.2. The van der Waals surface area contributed by atoms with Gasteiger partial charge in [-0.2, -0.15) is 15.1 Å². The van der Waals surface area contributed by atoms with Crippen LogP contribution in [0, 0.1) is 0 Å². The first-order valence-electron chi connectivity index (χ1n) is 9.64. The van der Waals surface area contributed by atoms with Crippen LogP contribution in [0.3, 0.4) is 0 Å². The molecule has 2 N–H and O–H groups in total. The highest BCUT2D eigenvalue weighted by atomic mass is 16.5. The van der Waals surface area contributed by atoms with Crippen LogP contribution in [0.1, 0.15) is 24.0 Å². The quantitative estimate of drug-likeness (QED) is 0.596. The molecule has 0 unspecified atom stereocenters. The molecule has 148 valence electrons. The first-order chi connectivity index (χ1) is 13.7. The van der Waals surface area contributed by atoms with Crippen molar-refractivity contribution in [3.05, 3.63) is 41.6 Å². The summed E-state index contributed by atoms with van der Waals surface area (Å²) in [6, 6.07) is 8.94. The number of nitrogens with zero attached hydrogens (tertiary/aromatic N) is 5. The van der Waals surface area contributed by atoms with Gasteiger partial charge in [0, 0.05) is 13.7 Å². The Morgan fingerprint density at radius 3 is 2.43 bits per heavy atom. The van der Waals surface area contributed by atoms with E-state index < -0.39 is 0 Å². The van der Waals surface area contributed by atoms with Crippen molar-refractivity contribution in [2.45, 2.75) is 25.9 Å². The number of rotatable bonds is 8. The molecule has 4 rings (SSSR count). The molecule has 0 aliphatic carbocycles. The number of hydrogen-bond donors (Lipinski definition) is 1. The molecule has 1 aliphatic rings.